The predicted octanol–water partition coefficient (Wildman–Crippen LogP) is 5.01. The number of methoxy groups -OCH3 is 1. The Morgan fingerprint density at radius 2 is 1.72 bits per heavy atom. The van der Waals surface area contributed by atoms with Crippen molar-refractivity contribution < 1.29 is 18.7 Å². The molecule has 3 rings (SSSR count). The number of benzene rings is 2. The zero-order valence-electron chi connectivity index (χ0n) is 17.7. The molecule has 29 heavy (non-hydrogen) atoms. The minimum absolute atomic E-state index is 0.000985. The summed E-state index contributed by atoms with van der Waals surface area (Å²) in [6, 6.07) is 13.2. The molecule has 5 nitrogen and oxygen atoms in total. The summed E-state index contributed by atoms with van der Waals surface area (Å²) < 4.78 is 16.6. The van der Waals surface area contributed by atoms with Crippen LogP contribution in [0.4, 0.5) is 0 Å². The second kappa shape index (κ2) is 7.74. The first kappa shape index (κ1) is 20.6. The van der Waals surface area contributed by atoms with Gasteiger partial charge in [0.1, 0.15) is 5.58 Å². The number of aryl methyl sites for hydroxylation is 1. The Bertz CT molecular complexity index is 1100. The Morgan fingerprint density at radius 3 is 2.31 bits per heavy atom. The molecule has 152 valence electrons. The molecule has 0 aliphatic carbocycles. The van der Waals surface area contributed by atoms with E-state index < -0.39 is 12.1 Å². The van der Waals surface area contributed by atoms with E-state index in [2.05, 4.69) is 20.8 Å². The van der Waals surface area contributed by atoms with Gasteiger partial charge in [0.15, 0.2) is 11.9 Å². The molecular formula is C24H26O5. The summed E-state index contributed by atoms with van der Waals surface area (Å²) in [5, 5.41) is 0.409. The highest BCUT2D eigenvalue weighted by molar-refractivity contribution is 5.83. The number of hydrogen-bond donors (Lipinski definition) is 0. The van der Waals surface area contributed by atoms with E-state index in [1.54, 1.807) is 12.1 Å². The molecule has 0 aliphatic rings. The highest BCUT2D eigenvalue weighted by Crippen LogP contribution is 2.33. The number of fused-ring (bicyclic) bond motifs is 1. The minimum Gasteiger partial charge on any atom is -0.471 e. The van der Waals surface area contributed by atoms with Gasteiger partial charge in [-0.05, 0) is 37.0 Å². The topological polar surface area (TPSA) is 65.7 Å². The summed E-state index contributed by atoms with van der Waals surface area (Å²) >= 11 is 0. The van der Waals surface area contributed by atoms with Gasteiger partial charge in [-0.15, -0.1) is 0 Å². The molecule has 0 saturated carbocycles. The van der Waals surface area contributed by atoms with Gasteiger partial charge in [0.2, 0.25) is 11.2 Å². The molecule has 3 aromatic rings. The van der Waals surface area contributed by atoms with Crippen LogP contribution in [0.2, 0.25) is 0 Å². The Kier molecular flexibility index (Phi) is 5.51. The summed E-state index contributed by atoms with van der Waals surface area (Å²) in [6.45, 7) is 9.83. The van der Waals surface area contributed by atoms with Gasteiger partial charge in [-0.3, -0.25) is 4.79 Å². The first-order chi connectivity index (χ1) is 13.6. The van der Waals surface area contributed by atoms with Crippen LogP contribution in [0.25, 0.3) is 22.3 Å². The van der Waals surface area contributed by atoms with Crippen molar-refractivity contribution in [2.24, 2.45) is 0 Å². The zero-order chi connectivity index (χ0) is 21.3. The van der Waals surface area contributed by atoms with Gasteiger partial charge in [-0.2, -0.15) is 0 Å². The summed E-state index contributed by atoms with van der Waals surface area (Å²) in [4.78, 5) is 25.1. The average Bonchev–Trinajstić information content (AvgIpc) is 2.69. The van der Waals surface area contributed by atoms with Gasteiger partial charge >= 0.3 is 5.97 Å². The smallest absolute Gasteiger partial charge is 0.346 e. The van der Waals surface area contributed by atoms with Gasteiger partial charge in [0.25, 0.3) is 0 Å². The van der Waals surface area contributed by atoms with E-state index in [9.17, 15) is 9.59 Å². The Hall–Kier alpha value is -3.08. The summed E-state index contributed by atoms with van der Waals surface area (Å²) in [5.41, 5.74) is 2.93. The summed E-state index contributed by atoms with van der Waals surface area (Å²) in [6.07, 6.45) is -0.947. The van der Waals surface area contributed by atoms with Crippen LogP contribution in [0.1, 0.15) is 38.8 Å². The molecule has 1 heterocycles. The van der Waals surface area contributed by atoms with E-state index in [1.807, 2.05) is 37.3 Å². The second-order valence-electron chi connectivity index (χ2n) is 8.20. The molecule has 0 radical (unpaired) electrons. The van der Waals surface area contributed by atoms with Crippen LogP contribution in [0.3, 0.4) is 0 Å². The van der Waals surface area contributed by atoms with Crippen LogP contribution in [0.15, 0.2) is 51.7 Å². The van der Waals surface area contributed by atoms with E-state index >= 15 is 0 Å². The molecule has 1 atom stereocenters. The maximum atomic E-state index is 13.2. The van der Waals surface area contributed by atoms with Crippen molar-refractivity contribution in [1.82, 2.24) is 0 Å². The van der Waals surface area contributed by atoms with E-state index in [0.29, 0.717) is 22.3 Å². The lowest BCUT2D eigenvalue weighted by atomic mass is 9.86. The van der Waals surface area contributed by atoms with E-state index in [-0.39, 0.29) is 16.6 Å². The molecule has 0 amide bonds. The Labute approximate surface area is 170 Å². The maximum absolute atomic E-state index is 13.2. The molecule has 1 aromatic heterocycles. The van der Waals surface area contributed by atoms with Crippen molar-refractivity contribution in [2.45, 2.75) is 46.1 Å². The van der Waals surface area contributed by atoms with Crippen molar-refractivity contribution in [3.63, 3.8) is 0 Å². The van der Waals surface area contributed by atoms with Crippen molar-refractivity contribution in [3.8, 4) is 17.1 Å². The fourth-order valence-corrected chi connectivity index (χ4v) is 3.10. The van der Waals surface area contributed by atoms with Crippen LogP contribution in [0, 0.1) is 6.92 Å². The zero-order valence-corrected chi connectivity index (χ0v) is 17.7. The Morgan fingerprint density at radius 1 is 1.07 bits per heavy atom. The molecule has 0 N–H and O–H groups in total. The number of ether oxygens (including phenoxy) is 2. The normalized spacial score (nSPS) is 12.6. The fourth-order valence-electron chi connectivity index (χ4n) is 3.10. The first-order valence-electron chi connectivity index (χ1n) is 9.54. The average molecular weight is 394 g/mol. The summed E-state index contributed by atoms with van der Waals surface area (Å²) in [5.74, 6) is -0.269. The lowest BCUT2D eigenvalue weighted by Crippen LogP contribution is -2.27. The lowest BCUT2D eigenvalue weighted by molar-refractivity contribution is -0.147. The minimum atomic E-state index is -0.947. The van der Waals surface area contributed by atoms with Gasteiger partial charge in [0.05, 0.1) is 12.5 Å². The monoisotopic (exact) mass is 394 g/mol. The largest absolute Gasteiger partial charge is 0.471 e. The fraction of sp³-hybridized carbons (Fsp3) is 0.333. The number of rotatable bonds is 4. The lowest BCUT2D eigenvalue weighted by Gasteiger charge is -2.19. The third-order valence-electron chi connectivity index (χ3n) is 4.85. The highest BCUT2D eigenvalue weighted by Gasteiger charge is 2.24. The van der Waals surface area contributed by atoms with Crippen LogP contribution in [0.5, 0.6) is 5.75 Å². The maximum Gasteiger partial charge on any atom is 0.346 e. The molecule has 0 bridgehead atoms. The van der Waals surface area contributed by atoms with Crippen LogP contribution >= 0.6 is 0 Å². The van der Waals surface area contributed by atoms with Crippen LogP contribution in [-0.4, -0.2) is 19.2 Å². The molecule has 2 aromatic carbocycles. The Balaban J connectivity index is 2.21. The molecule has 5 heteroatoms. The number of carbonyl (C=O) groups excluding carboxylic acids is 1. The van der Waals surface area contributed by atoms with Gasteiger partial charge < -0.3 is 13.9 Å². The van der Waals surface area contributed by atoms with Crippen LogP contribution in [-0.2, 0) is 14.9 Å². The second-order valence-corrected chi connectivity index (χ2v) is 8.20. The van der Waals surface area contributed by atoms with Gasteiger partial charge in [-0.25, -0.2) is 4.79 Å². The third kappa shape index (κ3) is 4.19. The standard InChI is InChI=1S/C24H26O5/c1-14-7-12-19-18(13-14)20(25)22(28-15(2)23(26)27-6)21(29-19)16-8-10-17(11-9-16)24(3,4)5/h7-13,15H,1-6H3/t15-/m0/s1. The predicted molar refractivity (Wildman–Crippen MR) is 113 cm³/mol. The quantitative estimate of drug-likeness (QED) is 0.582. The first-order valence-corrected chi connectivity index (χ1v) is 9.54. The van der Waals surface area contributed by atoms with Crippen molar-refractivity contribution in [2.75, 3.05) is 7.11 Å². The molecule has 0 unspecified atom stereocenters. The van der Waals surface area contributed by atoms with E-state index in [1.165, 1.54) is 14.0 Å². The van der Waals surface area contributed by atoms with Gasteiger partial charge in [0, 0.05) is 5.56 Å². The van der Waals surface area contributed by atoms with Gasteiger partial charge in [-0.1, -0.05) is 56.7 Å². The third-order valence-corrected chi connectivity index (χ3v) is 4.85. The molecule has 0 fully saturated rings. The highest BCUT2D eigenvalue weighted by atomic mass is 16.6. The summed E-state index contributed by atoms with van der Waals surface area (Å²) in [7, 11) is 1.28. The van der Waals surface area contributed by atoms with E-state index in [0.717, 1.165) is 11.1 Å². The van der Waals surface area contributed by atoms with Crippen molar-refractivity contribution in [3.05, 3.63) is 63.8 Å². The number of carbonyl (C=O) groups is 1. The van der Waals surface area contributed by atoms with Crippen LogP contribution < -0.4 is 10.2 Å². The number of hydrogen-bond acceptors (Lipinski definition) is 5. The van der Waals surface area contributed by atoms with E-state index in [4.69, 9.17) is 13.9 Å². The molecule has 0 aliphatic heterocycles. The van der Waals surface area contributed by atoms with Crippen molar-refractivity contribution in [1.29, 1.82) is 0 Å². The molecule has 0 saturated heterocycles. The number of esters is 1. The molecule has 0 spiro atoms. The molecular weight excluding hydrogens is 368 g/mol. The van der Waals surface area contributed by atoms with Crippen molar-refractivity contribution >= 4 is 16.9 Å². The SMILES string of the molecule is COC(=O)[C@H](C)Oc1c(-c2ccc(C(C)(C)C)cc2)oc2ccc(C)cc2c1=O.